The summed E-state index contributed by atoms with van der Waals surface area (Å²) in [6, 6.07) is 0. The summed E-state index contributed by atoms with van der Waals surface area (Å²) in [7, 11) is 0. The molecular formula is C32H64O13. The summed E-state index contributed by atoms with van der Waals surface area (Å²) in [6.07, 6.45) is 3.77. The van der Waals surface area contributed by atoms with E-state index in [4.69, 9.17) is 56.8 Å². The smallest absolute Gasteiger partial charge is 0.308 e. The van der Waals surface area contributed by atoms with Gasteiger partial charge in [0.15, 0.2) is 0 Å². The standard InChI is InChI=1S/C32H64O13/c1-5-6-7-9-34-11-13-36-15-17-38-19-21-40-23-25-42-27-29-44-30-28-43-26-24-41-22-20-39-18-16-37-14-12-35-10-8-31(33)45-32(2,3)4/h5-30H2,1-4H3. The van der Waals surface area contributed by atoms with Crippen molar-refractivity contribution in [2.45, 2.75) is 59.0 Å². The molecule has 0 aliphatic rings. The molecule has 0 aliphatic carbocycles. The van der Waals surface area contributed by atoms with Gasteiger partial charge in [0, 0.05) is 6.61 Å². The minimum absolute atomic E-state index is 0.234. The maximum Gasteiger partial charge on any atom is 0.308 e. The normalized spacial score (nSPS) is 11.8. The van der Waals surface area contributed by atoms with E-state index in [0.717, 1.165) is 13.0 Å². The van der Waals surface area contributed by atoms with Gasteiger partial charge in [-0.1, -0.05) is 19.8 Å². The van der Waals surface area contributed by atoms with Crippen LogP contribution in [0.3, 0.4) is 0 Å². The average Bonchev–Trinajstić information content (AvgIpc) is 3.00. The lowest BCUT2D eigenvalue weighted by Gasteiger charge is -2.19. The number of esters is 1. The van der Waals surface area contributed by atoms with Crippen molar-refractivity contribution in [3.8, 4) is 0 Å². The van der Waals surface area contributed by atoms with Gasteiger partial charge in [-0.25, -0.2) is 0 Å². The highest BCUT2D eigenvalue weighted by Crippen LogP contribution is 2.08. The second kappa shape index (κ2) is 35.9. The summed E-state index contributed by atoms with van der Waals surface area (Å²) in [6.45, 7) is 19.1. The van der Waals surface area contributed by atoms with E-state index >= 15 is 0 Å². The first-order valence-corrected chi connectivity index (χ1v) is 16.5. The molecule has 0 saturated carbocycles. The molecule has 0 heterocycles. The molecule has 0 rings (SSSR count). The molecular weight excluding hydrogens is 592 g/mol. The van der Waals surface area contributed by atoms with Crippen molar-refractivity contribution in [2.75, 3.05) is 145 Å². The van der Waals surface area contributed by atoms with Crippen LogP contribution < -0.4 is 0 Å². The zero-order valence-corrected chi connectivity index (χ0v) is 28.7. The highest BCUT2D eigenvalue weighted by atomic mass is 16.6. The molecule has 0 aromatic carbocycles. The van der Waals surface area contributed by atoms with Gasteiger partial charge in [-0.3, -0.25) is 4.79 Å². The van der Waals surface area contributed by atoms with Gasteiger partial charge in [-0.05, 0) is 27.2 Å². The molecule has 270 valence electrons. The van der Waals surface area contributed by atoms with Crippen molar-refractivity contribution in [1.29, 1.82) is 0 Å². The van der Waals surface area contributed by atoms with Gasteiger partial charge < -0.3 is 56.8 Å². The second-order valence-corrected chi connectivity index (χ2v) is 10.8. The summed E-state index contributed by atoms with van der Waals surface area (Å²) in [5.41, 5.74) is -0.471. The lowest BCUT2D eigenvalue weighted by Crippen LogP contribution is -2.24. The second-order valence-electron chi connectivity index (χ2n) is 10.8. The molecule has 0 saturated heterocycles. The Morgan fingerprint density at radius 2 is 0.622 bits per heavy atom. The molecule has 13 nitrogen and oxygen atoms in total. The molecule has 0 atom stereocenters. The third-order valence-corrected chi connectivity index (χ3v) is 5.48. The first-order chi connectivity index (χ1) is 22.0. The number of ether oxygens (including phenoxy) is 12. The Morgan fingerprint density at radius 1 is 0.378 bits per heavy atom. The van der Waals surface area contributed by atoms with E-state index in [9.17, 15) is 4.79 Å². The first kappa shape index (κ1) is 44.0. The Hall–Kier alpha value is -0.970. The highest BCUT2D eigenvalue weighted by molar-refractivity contribution is 5.69. The lowest BCUT2D eigenvalue weighted by molar-refractivity contribution is -0.156. The molecule has 0 aliphatic heterocycles. The predicted molar refractivity (Wildman–Crippen MR) is 169 cm³/mol. The summed E-state index contributed by atoms with van der Waals surface area (Å²) in [4.78, 5) is 11.6. The number of rotatable bonds is 37. The van der Waals surface area contributed by atoms with Gasteiger partial charge in [-0.2, -0.15) is 0 Å². The summed E-state index contributed by atoms with van der Waals surface area (Å²) in [5, 5.41) is 0. The molecule has 45 heavy (non-hydrogen) atoms. The van der Waals surface area contributed by atoms with Crippen LogP contribution in [0, 0.1) is 0 Å². The van der Waals surface area contributed by atoms with Crippen molar-refractivity contribution in [3.05, 3.63) is 0 Å². The van der Waals surface area contributed by atoms with E-state index < -0.39 is 5.60 Å². The van der Waals surface area contributed by atoms with Crippen molar-refractivity contribution in [2.24, 2.45) is 0 Å². The van der Waals surface area contributed by atoms with Crippen LogP contribution in [0.4, 0.5) is 0 Å². The fourth-order valence-electron chi connectivity index (χ4n) is 3.30. The highest BCUT2D eigenvalue weighted by Gasteiger charge is 2.15. The van der Waals surface area contributed by atoms with Crippen LogP contribution in [0.2, 0.25) is 0 Å². The summed E-state index contributed by atoms with van der Waals surface area (Å²) >= 11 is 0. The predicted octanol–water partition coefficient (Wildman–Crippen LogP) is 3.09. The monoisotopic (exact) mass is 656 g/mol. The molecule has 0 bridgehead atoms. The number of unbranched alkanes of at least 4 members (excludes halogenated alkanes) is 2. The van der Waals surface area contributed by atoms with E-state index in [2.05, 4.69) is 6.92 Å². The van der Waals surface area contributed by atoms with Crippen LogP contribution in [0.15, 0.2) is 0 Å². The van der Waals surface area contributed by atoms with Crippen molar-refractivity contribution in [1.82, 2.24) is 0 Å². The minimum Gasteiger partial charge on any atom is -0.460 e. The Bertz CT molecular complexity index is 590. The van der Waals surface area contributed by atoms with Gasteiger partial charge in [0.1, 0.15) is 5.60 Å². The maximum atomic E-state index is 11.6. The summed E-state index contributed by atoms with van der Waals surface area (Å²) < 4.78 is 65.2. The van der Waals surface area contributed by atoms with Gasteiger partial charge >= 0.3 is 5.97 Å². The fourth-order valence-corrected chi connectivity index (χ4v) is 3.30. The van der Waals surface area contributed by atoms with Crippen LogP contribution in [0.5, 0.6) is 0 Å². The SMILES string of the molecule is CCCCCOCCOCCOCCOCCOCCOCCOCCOCCOCCOCCOCCC(=O)OC(C)(C)C. The third-order valence-electron chi connectivity index (χ3n) is 5.48. The Labute approximate surface area is 272 Å². The Balaban J connectivity index is 3.09. The largest absolute Gasteiger partial charge is 0.460 e. The lowest BCUT2D eigenvalue weighted by atomic mass is 10.2. The minimum atomic E-state index is -0.471. The third kappa shape index (κ3) is 41.0. The van der Waals surface area contributed by atoms with Gasteiger partial charge in [0.05, 0.1) is 145 Å². The molecule has 0 radical (unpaired) electrons. The Kier molecular flexibility index (Phi) is 35.1. The number of carbonyl (C=O) groups excluding carboxylic acids is 1. The van der Waals surface area contributed by atoms with E-state index in [1.165, 1.54) is 12.8 Å². The van der Waals surface area contributed by atoms with Crippen LogP contribution in [-0.2, 0) is 61.6 Å². The topological polar surface area (TPSA) is 128 Å². The Morgan fingerprint density at radius 3 is 0.867 bits per heavy atom. The zero-order chi connectivity index (χ0) is 32.9. The van der Waals surface area contributed by atoms with E-state index in [-0.39, 0.29) is 12.4 Å². The van der Waals surface area contributed by atoms with E-state index in [0.29, 0.717) is 139 Å². The van der Waals surface area contributed by atoms with Gasteiger partial charge in [0.25, 0.3) is 0 Å². The van der Waals surface area contributed by atoms with Gasteiger partial charge in [-0.15, -0.1) is 0 Å². The van der Waals surface area contributed by atoms with Crippen LogP contribution in [0.1, 0.15) is 53.4 Å². The molecule has 0 N–H and O–H groups in total. The van der Waals surface area contributed by atoms with Crippen LogP contribution >= 0.6 is 0 Å². The first-order valence-electron chi connectivity index (χ1n) is 16.5. The van der Waals surface area contributed by atoms with Crippen LogP contribution in [-0.4, -0.2) is 157 Å². The van der Waals surface area contributed by atoms with Crippen molar-refractivity contribution < 1.29 is 61.6 Å². The molecule has 0 spiro atoms. The number of hydrogen-bond acceptors (Lipinski definition) is 13. The zero-order valence-electron chi connectivity index (χ0n) is 28.7. The molecule has 0 amide bonds. The number of hydrogen-bond donors (Lipinski definition) is 0. The van der Waals surface area contributed by atoms with E-state index in [1.807, 2.05) is 20.8 Å². The molecule has 0 unspecified atom stereocenters. The van der Waals surface area contributed by atoms with Gasteiger partial charge in [0.2, 0.25) is 0 Å². The fraction of sp³-hybridized carbons (Fsp3) is 0.969. The molecule has 0 aromatic heterocycles. The number of carbonyl (C=O) groups is 1. The molecule has 13 heteroatoms. The van der Waals surface area contributed by atoms with Crippen molar-refractivity contribution >= 4 is 5.97 Å². The molecule has 0 aromatic rings. The average molecular weight is 657 g/mol. The van der Waals surface area contributed by atoms with Crippen molar-refractivity contribution in [3.63, 3.8) is 0 Å². The maximum absolute atomic E-state index is 11.6. The molecule has 0 fully saturated rings. The van der Waals surface area contributed by atoms with E-state index in [1.54, 1.807) is 0 Å². The summed E-state index contributed by atoms with van der Waals surface area (Å²) in [5.74, 6) is -0.263. The quantitative estimate of drug-likeness (QED) is 0.0719. The van der Waals surface area contributed by atoms with Crippen LogP contribution in [0.25, 0.3) is 0 Å².